The molecule has 2 aromatic carbocycles. The summed E-state index contributed by atoms with van der Waals surface area (Å²) in [5, 5.41) is 5.07. The highest BCUT2D eigenvalue weighted by atomic mass is 16.5. The Bertz CT molecular complexity index is 1140. The zero-order chi connectivity index (χ0) is 18.6. The molecule has 0 atom stereocenters. The zero-order valence-electron chi connectivity index (χ0n) is 14.9. The summed E-state index contributed by atoms with van der Waals surface area (Å²) < 4.78 is 5.53. The molecular weight excluding hydrogens is 338 g/mol. The summed E-state index contributed by atoms with van der Waals surface area (Å²) >= 11 is 0. The van der Waals surface area contributed by atoms with Gasteiger partial charge in [0.1, 0.15) is 5.75 Å². The molecular formula is C22H19N3O2. The molecule has 0 fully saturated rings. The number of ether oxygens (including phenoxy) is 1. The molecule has 0 saturated heterocycles. The van der Waals surface area contributed by atoms with E-state index in [1.54, 1.807) is 12.3 Å². The number of aromatic amines is 1. The number of nitrogens with one attached hydrogen (secondary N) is 2. The van der Waals surface area contributed by atoms with E-state index in [9.17, 15) is 4.79 Å². The topological polar surface area (TPSA) is 67.0 Å². The number of pyridine rings is 1. The van der Waals surface area contributed by atoms with E-state index in [1.807, 2.05) is 55.5 Å². The molecule has 4 aromatic rings. The van der Waals surface area contributed by atoms with Crippen molar-refractivity contribution in [3.63, 3.8) is 0 Å². The predicted molar refractivity (Wildman–Crippen MR) is 109 cm³/mol. The van der Waals surface area contributed by atoms with Crippen molar-refractivity contribution in [2.45, 2.75) is 6.92 Å². The number of hydrogen-bond donors (Lipinski definition) is 2. The van der Waals surface area contributed by atoms with Crippen molar-refractivity contribution in [3.05, 3.63) is 72.6 Å². The molecule has 0 aliphatic carbocycles. The maximum absolute atomic E-state index is 12.3. The summed E-state index contributed by atoms with van der Waals surface area (Å²) in [6.07, 6.45) is 4.98. The van der Waals surface area contributed by atoms with Gasteiger partial charge in [-0.25, -0.2) is 0 Å². The van der Waals surface area contributed by atoms with Crippen molar-refractivity contribution in [1.29, 1.82) is 0 Å². The Labute approximate surface area is 156 Å². The first-order valence-electron chi connectivity index (χ1n) is 8.82. The van der Waals surface area contributed by atoms with E-state index in [2.05, 4.69) is 21.4 Å². The monoisotopic (exact) mass is 357 g/mol. The van der Waals surface area contributed by atoms with Gasteiger partial charge in [0, 0.05) is 22.4 Å². The summed E-state index contributed by atoms with van der Waals surface area (Å²) in [7, 11) is 0. The summed E-state index contributed by atoms with van der Waals surface area (Å²) in [5.41, 5.74) is 3.42. The van der Waals surface area contributed by atoms with Crippen molar-refractivity contribution < 1.29 is 9.53 Å². The average molecular weight is 357 g/mol. The maximum Gasteiger partial charge on any atom is 0.248 e. The van der Waals surface area contributed by atoms with Crippen molar-refractivity contribution in [1.82, 2.24) is 9.97 Å². The van der Waals surface area contributed by atoms with Crippen LogP contribution in [0, 0.1) is 0 Å². The van der Waals surface area contributed by atoms with Crippen LogP contribution in [-0.2, 0) is 4.79 Å². The van der Waals surface area contributed by atoms with E-state index in [4.69, 9.17) is 4.74 Å². The van der Waals surface area contributed by atoms with Crippen LogP contribution in [0.3, 0.4) is 0 Å². The Morgan fingerprint density at radius 3 is 2.81 bits per heavy atom. The molecule has 0 spiro atoms. The van der Waals surface area contributed by atoms with Gasteiger partial charge in [0.15, 0.2) is 0 Å². The smallest absolute Gasteiger partial charge is 0.248 e. The first kappa shape index (κ1) is 16.8. The Morgan fingerprint density at radius 1 is 1.11 bits per heavy atom. The summed E-state index contributed by atoms with van der Waals surface area (Å²) in [5.74, 6) is 0.420. The van der Waals surface area contributed by atoms with Gasteiger partial charge in [0.2, 0.25) is 5.91 Å². The first-order valence-corrected chi connectivity index (χ1v) is 8.82. The fourth-order valence-electron chi connectivity index (χ4n) is 3.04. The molecule has 0 radical (unpaired) electrons. The van der Waals surface area contributed by atoms with Crippen molar-refractivity contribution in [2.75, 3.05) is 11.9 Å². The molecule has 2 N–H and O–H groups in total. The van der Waals surface area contributed by atoms with Crippen LogP contribution >= 0.6 is 0 Å². The van der Waals surface area contributed by atoms with Crippen molar-refractivity contribution >= 4 is 39.5 Å². The number of rotatable bonds is 5. The molecule has 0 saturated carbocycles. The van der Waals surface area contributed by atoms with E-state index in [1.165, 1.54) is 6.08 Å². The van der Waals surface area contributed by atoms with Gasteiger partial charge >= 0.3 is 0 Å². The lowest BCUT2D eigenvalue weighted by Gasteiger charge is -2.09. The van der Waals surface area contributed by atoms with E-state index in [0.717, 1.165) is 27.5 Å². The number of nitrogens with zero attached hydrogens (tertiary/aromatic N) is 1. The van der Waals surface area contributed by atoms with E-state index in [-0.39, 0.29) is 5.91 Å². The number of para-hydroxylation sites is 3. The lowest BCUT2D eigenvalue weighted by Crippen LogP contribution is -2.09. The second-order valence-corrected chi connectivity index (χ2v) is 6.08. The molecule has 2 aromatic heterocycles. The van der Waals surface area contributed by atoms with E-state index >= 15 is 0 Å². The lowest BCUT2D eigenvalue weighted by atomic mass is 10.1. The molecule has 2 heterocycles. The molecule has 1 amide bonds. The third-order valence-corrected chi connectivity index (χ3v) is 4.26. The van der Waals surface area contributed by atoms with Gasteiger partial charge in [-0.1, -0.05) is 30.3 Å². The molecule has 0 unspecified atom stereocenters. The minimum Gasteiger partial charge on any atom is -0.492 e. The van der Waals surface area contributed by atoms with E-state index in [0.29, 0.717) is 18.0 Å². The average Bonchev–Trinajstić information content (AvgIpc) is 3.06. The largest absolute Gasteiger partial charge is 0.492 e. The Morgan fingerprint density at radius 2 is 1.93 bits per heavy atom. The van der Waals surface area contributed by atoms with Crippen LogP contribution in [-0.4, -0.2) is 22.5 Å². The Kier molecular flexibility index (Phi) is 4.58. The number of fused-ring (bicyclic) bond motifs is 3. The standard InChI is InChI=1S/C22H19N3O2/c1-2-27-21-10-6-5-9-19(21)25-22(26)12-11-15-13-17-16-7-3-4-8-18(16)24-20(17)14-23-15/h3-14,24H,2H2,1H3,(H,25,26)/b12-11+. The molecule has 5 heteroatoms. The van der Waals surface area contributed by atoms with Crippen LogP contribution in [0.1, 0.15) is 12.6 Å². The normalized spacial score (nSPS) is 11.3. The quantitative estimate of drug-likeness (QED) is 0.506. The highest BCUT2D eigenvalue weighted by Gasteiger charge is 2.06. The highest BCUT2D eigenvalue weighted by Crippen LogP contribution is 2.26. The van der Waals surface area contributed by atoms with Gasteiger partial charge in [-0.2, -0.15) is 0 Å². The van der Waals surface area contributed by atoms with Gasteiger partial charge in [0.25, 0.3) is 0 Å². The first-order chi connectivity index (χ1) is 13.2. The van der Waals surface area contributed by atoms with Crippen LogP contribution in [0.15, 0.2) is 66.9 Å². The number of benzene rings is 2. The fourth-order valence-corrected chi connectivity index (χ4v) is 3.04. The second-order valence-electron chi connectivity index (χ2n) is 6.08. The maximum atomic E-state index is 12.3. The van der Waals surface area contributed by atoms with Gasteiger partial charge in [-0.05, 0) is 37.3 Å². The minimum atomic E-state index is -0.233. The molecule has 27 heavy (non-hydrogen) atoms. The molecule has 0 aliphatic rings. The number of anilines is 1. The molecule has 0 aliphatic heterocycles. The molecule has 0 bridgehead atoms. The van der Waals surface area contributed by atoms with Gasteiger partial charge in [-0.15, -0.1) is 0 Å². The molecule has 5 nitrogen and oxygen atoms in total. The number of H-pyrrole nitrogens is 1. The van der Waals surface area contributed by atoms with Crippen LogP contribution in [0.4, 0.5) is 5.69 Å². The van der Waals surface area contributed by atoms with Crippen LogP contribution in [0.5, 0.6) is 5.75 Å². The summed E-state index contributed by atoms with van der Waals surface area (Å²) in [6.45, 7) is 2.45. The Hall–Kier alpha value is -3.60. The molecule has 4 rings (SSSR count). The van der Waals surface area contributed by atoms with Crippen LogP contribution < -0.4 is 10.1 Å². The van der Waals surface area contributed by atoms with Crippen LogP contribution in [0.25, 0.3) is 27.9 Å². The third kappa shape index (κ3) is 3.53. The summed E-state index contributed by atoms with van der Waals surface area (Å²) in [6, 6.07) is 17.5. The van der Waals surface area contributed by atoms with Crippen LogP contribution in [0.2, 0.25) is 0 Å². The zero-order valence-corrected chi connectivity index (χ0v) is 14.9. The minimum absolute atomic E-state index is 0.233. The fraction of sp³-hybridized carbons (Fsp3) is 0.0909. The second kappa shape index (κ2) is 7.33. The number of carbonyl (C=O) groups is 1. The Balaban J connectivity index is 1.55. The summed E-state index contributed by atoms with van der Waals surface area (Å²) in [4.78, 5) is 20.0. The number of amides is 1. The highest BCUT2D eigenvalue weighted by molar-refractivity contribution is 6.08. The van der Waals surface area contributed by atoms with Crippen molar-refractivity contribution in [3.8, 4) is 5.75 Å². The SMILES string of the molecule is CCOc1ccccc1NC(=O)/C=C/c1cc2c(cn1)[nH]c1ccccc12. The van der Waals surface area contributed by atoms with Gasteiger partial charge in [0.05, 0.1) is 29.7 Å². The predicted octanol–water partition coefficient (Wildman–Crippen LogP) is 4.77. The van der Waals surface area contributed by atoms with Gasteiger partial charge < -0.3 is 15.0 Å². The lowest BCUT2D eigenvalue weighted by molar-refractivity contribution is -0.111. The third-order valence-electron chi connectivity index (χ3n) is 4.26. The van der Waals surface area contributed by atoms with Crippen molar-refractivity contribution in [2.24, 2.45) is 0 Å². The number of carbonyl (C=O) groups excluding carboxylic acids is 1. The van der Waals surface area contributed by atoms with E-state index < -0.39 is 0 Å². The molecule has 134 valence electrons. The number of aromatic nitrogens is 2. The van der Waals surface area contributed by atoms with Gasteiger partial charge in [-0.3, -0.25) is 9.78 Å². The number of hydrogen-bond acceptors (Lipinski definition) is 3.